The Hall–Kier alpha value is -1.62. The number of aromatic nitrogens is 1. The quantitative estimate of drug-likeness (QED) is 0.879. The molecular weight excluding hydrogens is 254 g/mol. The van der Waals surface area contributed by atoms with E-state index in [1.807, 2.05) is 6.92 Å². The van der Waals surface area contributed by atoms with Crippen LogP contribution in [0.4, 0.5) is 5.69 Å². The van der Waals surface area contributed by atoms with Crippen LogP contribution in [-0.4, -0.2) is 16.5 Å². The Morgan fingerprint density at radius 3 is 2.85 bits per heavy atom. The van der Waals surface area contributed by atoms with Gasteiger partial charge in [-0.05, 0) is 31.7 Å². The minimum atomic E-state index is -0.0557. The predicted octanol–water partition coefficient (Wildman–Crippen LogP) is 1.71. The first-order valence-corrected chi connectivity index (χ1v) is 7.36. The number of anilines is 1. The molecule has 1 aromatic rings. The summed E-state index contributed by atoms with van der Waals surface area (Å²) in [6.07, 6.45) is 6.52. The second kappa shape index (κ2) is 6.70. The van der Waals surface area contributed by atoms with Crippen molar-refractivity contribution in [1.29, 1.82) is 0 Å². The number of amides is 1. The molecule has 1 aliphatic rings. The summed E-state index contributed by atoms with van der Waals surface area (Å²) in [5, 5.41) is 2.86. The highest BCUT2D eigenvalue weighted by atomic mass is 16.1. The van der Waals surface area contributed by atoms with Crippen molar-refractivity contribution in [2.45, 2.75) is 51.6 Å². The highest BCUT2D eigenvalue weighted by molar-refractivity contribution is 5.90. The van der Waals surface area contributed by atoms with Gasteiger partial charge in [0.2, 0.25) is 5.91 Å². The average molecular weight is 277 g/mol. The smallest absolute Gasteiger partial charge is 0.250 e. The second-order valence-corrected chi connectivity index (χ2v) is 5.50. The van der Waals surface area contributed by atoms with E-state index < -0.39 is 0 Å². The predicted molar refractivity (Wildman–Crippen MR) is 79.6 cm³/mol. The average Bonchev–Trinajstić information content (AvgIpc) is 2.43. The molecule has 0 bridgehead atoms. The zero-order valence-electron chi connectivity index (χ0n) is 12.0. The van der Waals surface area contributed by atoms with Crippen molar-refractivity contribution in [3.8, 4) is 0 Å². The Kier molecular flexibility index (Phi) is 4.95. The summed E-state index contributed by atoms with van der Waals surface area (Å²) in [6.45, 7) is 2.49. The van der Waals surface area contributed by atoms with Gasteiger partial charge in [0.05, 0.1) is 5.69 Å². The lowest BCUT2D eigenvalue weighted by molar-refractivity contribution is -0.117. The van der Waals surface area contributed by atoms with Crippen molar-refractivity contribution in [2.75, 3.05) is 5.32 Å². The number of hydrogen-bond donors (Lipinski definition) is 2. The summed E-state index contributed by atoms with van der Waals surface area (Å²) < 4.78 is 1.57. The molecule has 0 spiro atoms. The minimum Gasteiger partial charge on any atom is -0.327 e. The van der Waals surface area contributed by atoms with Crippen LogP contribution in [0.2, 0.25) is 0 Å². The van der Waals surface area contributed by atoms with Gasteiger partial charge in [0, 0.05) is 31.3 Å². The minimum absolute atomic E-state index is 0.0198. The van der Waals surface area contributed by atoms with Crippen molar-refractivity contribution >= 4 is 11.6 Å². The molecule has 1 heterocycles. The van der Waals surface area contributed by atoms with Crippen molar-refractivity contribution in [3.05, 3.63) is 28.7 Å². The van der Waals surface area contributed by atoms with Gasteiger partial charge in [-0.25, -0.2) is 0 Å². The number of nitrogens with two attached hydrogens (primary N) is 1. The number of pyridine rings is 1. The Morgan fingerprint density at radius 1 is 1.40 bits per heavy atom. The first-order valence-electron chi connectivity index (χ1n) is 7.36. The van der Waals surface area contributed by atoms with E-state index in [0.717, 1.165) is 19.3 Å². The summed E-state index contributed by atoms with van der Waals surface area (Å²) >= 11 is 0. The number of nitrogens with one attached hydrogen (secondary N) is 1. The lowest BCUT2D eigenvalue weighted by Crippen LogP contribution is -2.35. The van der Waals surface area contributed by atoms with Crippen LogP contribution in [0.1, 0.15) is 39.0 Å². The number of carbonyl (C=O) groups excluding carboxylic acids is 1. The number of carbonyl (C=O) groups is 1. The molecule has 0 saturated heterocycles. The van der Waals surface area contributed by atoms with E-state index >= 15 is 0 Å². The summed E-state index contributed by atoms with van der Waals surface area (Å²) in [4.78, 5) is 23.5. The number of aryl methyl sites for hydroxylation is 1. The molecule has 0 radical (unpaired) electrons. The first-order chi connectivity index (χ1) is 9.60. The molecule has 2 atom stereocenters. The van der Waals surface area contributed by atoms with Gasteiger partial charge in [0.1, 0.15) is 0 Å². The molecule has 1 aromatic heterocycles. The first kappa shape index (κ1) is 14.8. The summed E-state index contributed by atoms with van der Waals surface area (Å²) in [7, 11) is 0. The molecule has 0 aromatic carbocycles. The molecule has 1 aliphatic carbocycles. The molecule has 110 valence electrons. The highest BCUT2D eigenvalue weighted by Gasteiger charge is 2.24. The van der Waals surface area contributed by atoms with Crippen LogP contribution < -0.4 is 16.6 Å². The van der Waals surface area contributed by atoms with Gasteiger partial charge in [0.15, 0.2) is 0 Å². The van der Waals surface area contributed by atoms with Crippen LogP contribution in [-0.2, 0) is 11.3 Å². The fourth-order valence-corrected chi connectivity index (χ4v) is 2.79. The fourth-order valence-electron chi connectivity index (χ4n) is 2.79. The van der Waals surface area contributed by atoms with Gasteiger partial charge in [-0.3, -0.25) is 9.59 Å². The Balaban J connectivity index is 1.95. The molecule has 5 nitrogen and oxygen atoms in total. The van der Waals surface area contributed by atoms with E-state index in [4.69, 9.17) is 5.73 Å². The largest absolute Gasteiger partial charge is 0.327 e. The van der Waals surface area contributed by atoms with Crippen LogP contribution in [0.3, 0.4) is 0 Å². The molecular formula is C15H23N3O2. The van der Waals surface area contributed by atoms with Crippen molar-refractivity contribution in [2.24, 2.45) is 11.7 Å². The third kappa shape index (κ3) is 3.70. The summed E-state index contributed by atoms with van der Waals surface area (Å²) in [5.74, 6) is 0.259. The van der Waals surface area contributed by atoms with E-state index in [1.54, 1.807) is 16.8 Å². The Morgan fingerprint density at radius 2 is 2.15 bits per heavy atom. The van der Waals surface area contributed by atoms with E-state index in [9.17, 15) is 9.59 Å². The van der Waals surface area contributed by atoms with Gasteiger partial charge >= 0.3 is 0 Å². The van der Waals surface area contributed by atoms with E-state index in [1.165, 1.54) is 12.5 Å². The lowest BCUT2D eigenvalue weighted by Gasteiger charge is -2.27. The molecule has 1 amide bonds. The van der Waals surface area contributed by atoms with Crippen LogP contribution >= 0.6 is 0 Å². The molecule has 2 rings (SSSR count). The standard InChI is InChI=1S/C15H23N3O2/c1-2-18-10-12(7-8-15(18)20)17-14(19)9-11-5-3-4-6-13(11)16/h7-8,10-11,13H,2-6,9,16H2,1H3,(H,17,19). The number of hydrogen-bond acceptors (Lipinski definition) is 3. The van der Waals surface area contributed by atoms with Gasteiger partial charge in [-0.15, -0.1) is 0 Å². The molecule has 20 heavy (non-hydrogen) atoms. The van der Waals surface area contributed by atoms with Gasteiger partial charge in [-0.2, -0.15) is 0 Å². The van der Waals surface area contributed by atoms with Gasteiger partial charge in [0.25, 0.3) is 5.56 Å². The van der Waals surface area contributed by atoms with Crippen molar-refractivity contribution in [1.82, 2.24) is 4.57 Å². The number of nitrogens with zero attached hydrogens (tertiary/aromatic N) is 1. The topological polar surface area (TPSA) is 77.1 Å². The summed E-state index contributed by atoms with van der Waals surface area (Å²) in [5.41, 5.74) is 6.67. The number of rotatable bonds is 4. The third-order valence-electron chi connectivity index (χ3n) is 4.02. The zero-order valence-corrected chi connectivity index (χ0v) is 12.0. The second-order valence-electron chi connectivity index (χ2n) is 5.50. The van der Waals surface area contributed by atoms with E-state index in [-0.39, 0.29) is 23.4 Å². The van der Waals surface area contributed by atoms with E-state index in [0.29, 0.717) is 18.7 Å². The zero-order chi connectivity index (χ0) is 14.5. The van der Waals surface area contributed by atoms with Crippen LogP contribution in [0.15, 0.2) is 23.1 Å². The summed E-state index contributed by atoms with van der Waals surface area (Å²) in [6, 6.07) is 3.26. The normalized spacial score (nSPS) is 22.5. The third-order valence-corrected chi connectivity index (χ3v) is 4.02. The fraction of sp³-hybridized carbons (Fsp3) is 0.600. The van der Waals surface area contributed by atoms with Crippen LogP contribution in [0.5, 0.6) is 0 Å². The maximum Gasteiger partial charge on any atom is 0.250 e. The maximum absolute atomic E-state index is 12.1. The van der Waals surface area contributed by atoms with E-state index in [2.05, 4.69) is 5.32 Å². The Labute approximate surface area is 119 Å². The van der Waals surface area contributed by atoms with Crippen molar-refractivity contribution < 1.29 is 4.79 Å². The SMILES string of the molecule is CCn1cc(NC(=O)CC2CCCCC2N)ccc1=O. The molecule has 0 aliphatic heterocycles. The molecule has 1 fully saturated rings. The van der Waals surface area contributed by atoms with Crippen LogP contribution in [0.25, 0.3) is 0 Å². The molecule has 2 unspecified atom stereocenters. The molecule has 3 N–H and O–H groups in total. The molecule has 1 saturated carbocycles. The molecule has 5 heteroatoms. The monoisotopic (exact) mass is 277 g/mol. The van der Waals surface area contributed by atoms with Crippen molar-refractivity contribution in [3.63, 3.8) is 0 Å². The lowest BCUT2D eigenvalue weighted by atomic mass is 9.83. The van der Waals surface area contributed by atoms with Crippen LogP contribution in [0, 0.1) is 5.92 Å². The maximum atomic E-state index is 12.1. The van der Waals surface area contributed by atoms with Gasteiger partial charge in [-0.1, -0.05) is 12.8 Å². The van der Waals surface area contributed by atoms with Gasteiger partial charge < -0.3 is 15.6 Å². The highest BCUT2D eigenvalue weighted by Crippen LogP contribution is 2.25. The Bertz CT molecular complexity index is 524.